The van der Waals surface area contributed by atoms with Crippen LogP contribution in [0.1, 0.15) is 63.7 Å². The Kier molecular flexibility index (Phi) is 5.42. The van der Waals surface area contributed by atoms with Crippen LogP contribution in [0.25, 0.3) is 21.2 Å². The van der Waals surface area contributed by atoms with Gasteiger partial charge in [0.1, 0.15) is 11.7 Å². The molecule has 2 bridgehead atoms. The van der Waals surface area contributed by atoms with Crippen LogP contribution < -0.4 is 0 Å². The number of hydrogen-bond acceptors (Lipinski definition) is 4. The molecule has 0 aromatic heterocycles. The molecule has 0 spiro atoms. The summed E-state index contributed by atoms with van der Waals surface area (Å²) in [7, 11) is 0. The second-order valence-corrected chi connectivity index (χ2v) is 11.0. The predicted molar refractivity (Wildman–Crippen MR) is 128 cm³/mol. The fraction of sp³-hybridized carbons (Fsp3) is 0.593. The topological polar surface area (TPSA) is 84.3 Å². The molecule has 5 rings (SSSR count). The van der Waals surface area contributed by atoms with Gasteiger partial charge in [-0.1, -0.05) is 56.2 Å². The van der Waals surface area contributed by atoms with E-state index in [9.17, 15) is 10.3 Å². The van der Waals surface area contributed by atoms with Gasteiger partial charge in [0, 0.05) is 10.8 Å². The summed E-state index contributed by atoms with van der Waals surface area (Å²) in [6, 6.07) is 13.5. The van der Waals surface area contributed by atoms with Crippen molar-refractivity contribution in [3.63, 3.8) is 0 Å². The summed E-state index contributed by atoms with van der Waals surface area (Å²) >= 11 is 0. The van der Waals surface area contributed by atoms with Gasteiger partial charge in [-0.25, -0.2) is 4.79 Å². The number of hydrogen-bond donors (Lipinski definition) is 0. The maximum Gasteiger partial charge on any atom is 0.338 e. The van der Waals surface area contributed by atoms with E-state index in [1.54, 1.807) is 0 Å². The van der Waals surface area contributed by atoms with Crippen LogP contribution in [0.5, 0.6) is 0 Å². The predicted octanol–water partition coefficient (Wildman–Crippen LogP) is 6.68. The summed E-state index contributed by atoms with van der Waals surface area (Å²) in [6.45, 7) is 8.72. The Hall–Kier alpha value is -2.56. The first-order valence-electron chi connectivity index (χ1n) is 12.2. The Morgan fingerprint density at radius 3 is 2.73 bits per heavy atom. The van der Waals surface area contributed by atoms with Crippen LogP contribution in [-0.2, 0) is 9.47 Å². The quantitative estimate of drug-likeness (QED) is 0.222. The molecule has 2 aromatic rings. The Balaban J connectivity index is 1.54. The number of carbonyl (C=O) groups excluding carboxylic acids is 1. The third kappa shape index (κ3) is 3.51. The van der Waals surface area contributed by atoms with Crippen molar-refractivity contribution in [3.05, 3.63) is 58.5 Å². The molecule has 6 heteroatoms. The molecule has 0 N–H and O–H groups in total. The van der Waals surface area contributed by atoms with Crippen molar-refractivity contribution < 1.29 is 14.3 Å². The summed E-state index contributed by atoms with van der Waals surface area (Å²) in [5.74, 6) is 0.885. The number of azide groups is 1. The van der Waals surface area contributed by atoms with Crippen molar-refractivity contribution >= 4 is 16.7 Å². The third-order valence-electron chi connectivity index (χ3n) is 8.45. The molecule has 7 atom stereocenters. The number of ether oxygens (including phenoxy) is 2. The molecule has 2 saturated heterocycles. The van der Waals surface area contributed by atoms with Crippen LogP contribution >= 0.6 is 0 Å². The highest BCUT2D eigenvalue weighted by Gasteiger charge is 2.70. The molecular formula is C27H33N3O3. The molecular weight excluding hydrogens is 414 g/mol. The molecule has 3 fully saturated rings. The minimum absolute atomic E-state index is 0.200. The highest BCUT2D eigenvalue weighted by atomic mass is 16.6. The fourth-order valence-corrected chi connectivity index (χ4v) is 7.16. The van der Waals surface area contributed by atoms with Crippen molar-refractivity contribution in [3.8, 4) is 0 Å². The molecule has 33 heavy (non-hydrogen) atoms. The van der Waals surface area contributed by atoms with Crippen LogP contribution in [0.2, 0.25) is 0 Å². The number of carbonyl (C=O) groups is 1. The highest BCUT2D eigenvalue weighted by molar-refractivity contribution is 5.95. The van der Waals surface area contributed by atoms with Gasteiger partial charge in [-0.3, -0.25) is 0 Å². The molecule has 0 amide bonds. The second kappa shape index (κ2) is 8.03. The van der Waals surface area contributed by atoms with E-state index in [0.29, 0.717) is 23.8 Å². The normalized spacial score (nSPS) is 37.1. The SMILES string of the molecule is CC(C)CC12CC(N=[N+]=[N-])C(C)(O1)C1CCC(C)C1C2OC(=O)c1ccc2ccccc2c1. The maximum atomic E-state index is 13.5. The first-order valence-corrected chi connectivity index (χ1v) is 12.2. The van der Waals surface area contributed by atoms with Crippen LogP contribution in [0, 0.1) is 23.7 Å². The summed E-state index contributed by atoms with van der Waals surface area (Å²) in [4.78, 5) is 16.6. The van der Waals surface area contributed by atoms with Gasteiger partial charge in [0.2, 0.25) is 0 Å². The molecule has 174 valence electrons. The largest absolute Gasteiger partial charge is 0.455 e. The maximum absolute atomic E-state index is 13.5. The van der Waals surface area contributed by atoms with E-state index in [1.165, 1.54) is 0 Å². The van der Waals surface area contributed by atoms with Crippen LogP contribution in [0.4, 0.5) is 0 Å². The summed E-state index contributed by atoms with van der Waals surface area (Å²) in [5.41, 5.74) is 8.70. The van der Waals surface area contributed by atoms with Crippen molar-refractivity contribution in [2.45, 2.75) is 76.7 Å². The summed E-state index contributed by atoms with van der Waals surface area (Å²) < 4.78 is 13.3. The molecule has 1 aliphatic carbocycles. The van der Waals surface area contributed by atoms with Crippen LogP contribution in [0.15, 0.2) is 47.6 Å². The van der Waals surface area contributed by atoms with Crippen molar-refractivity contribution in [1.29, 1.82) is 0 Å². The number of nitrogens with zero attached hydrogens (tertiary/aromatic N) is 3. The minimum atomic E-state index is -0.631. The van der Waals surface area contributed by atoms with E-state index in [4.69, 9.17) is 9.47 Å². The van der Waals surface area contributed by atoms with E-state index >= 15 is 0 Å². The third-order valence-corrected chi connectivity index (χ3v) is 8.45. The van der Waals surface area contributed by atoms with Gasteiger partial charge in [0.25, 0.3) is 0 Å². The Morgan fingerprint density at radius 1 is 1.24 bits per heavy atom. The number of benzene rings is 2. The summed E-state index contributed by atoms with van der Waals surface area (Å²) in [6.07, 6.45) is 3.08. The van der Waals surface area contributed by atoms with Gasteiger partial charge in [-0.15, -0.1) is 0 Å². The van der Waals surface area contributed by atoms with Gasteiger partial charge >= 0.3 is 5.97 Å². The Labute approximate surface area is 195 Å². The molecule has 2 aromatic carbocycles. The van der Waals surface area contributed by atoms with Crippen molar-refractivity contribution in [2.24, 2.45) is 28.8 Å². The number of fused-ring (bicyclic) bond motifs is 5. The lowest BCUT2D eigenvalue weighted by Crippen LogP contribution is -2.60. The van der Waals surface area contributed by atoms with E-state index in [2.05, 4.69) is 37.7 Å². The first-order chi connectivity index (χ1) is 15.8. The molecule has 1 saturated carbocycles. The van der Waals surface area contributed by atoms with Crippen LogP contribution in [-0.4, -0.2) is 29.3 Å². The average Bonchev–Trinajstić information content (AvgIpc) is 3.28. The molecule has 2 heterocycles. The lowest BCUT2D eigenvalue weighted by Gasteiger charge is -2.52. The zero-order valence-electron chi connectivity index (χ0n) is 19.9. The monoisotopic (exact) mass is 447 g/mol. The molecule has 3 aliphatic rings. The number of esters is 1. The summed E-state index contributed by atoms with van der Waals surface area (Å²) in [5, 5.41) is 6.31. The van der Waals surface area contributed by atoms with E-state index in [0.717, 1.165) is 30.0 Å². The van der Waals surface area contributed by atoms with Gasteiger partial charge in [0.15, 0.2) is 0 Å². The standard InChI is InChI=1S/C27H33N3O3/c1-16(2)14-27-15-22(29-30-28)26(4,33-27)21-12-9-17(3)23(21)24(27)32-25(31)20-11-10-18-7-5-6-8-19(18)13-20/h5-8,10-11,13,16-17,21-24H,9,12,14-15H2,1-4H3. The zero-order valence-corrected chi connectivity index (χ0v) is 19.9. The zero-order chi connectivity index (χ0) is 23.4. The first kappa shape index (κ1) is 22.2. The average molecular weight is 448 g/mol. The highest BCUT2D eigenvalue weighted by Crippen LogP contribution is 2.62. The number of rotatable bonds is 5. The van der Waals surface area contributed by atoms with Gasteiger partial charge in [-0.05, 0) is 78.8 Å². The molecule has 7 unspecified atom stereocenters. The van der Waals surface area contributed by atoms with E-state index in [-0.39, 0.29) is 30.0 Å². The van der Waals surface area contributed by atoms with Gasteiger partial charge in [-0.2, -0.15) is 0 Å². The minimum Gasteiger partial charge on any atom is -0.455 e. The van der Waals surface area contributed by atoms with E-state index in [1.807, 2.05) is 42.5 Å². The molecule has 2 aliphatic heterocycles. The van der Waals surface area contributed by atoms with Gasteiger partial charge < -0.3 is 9.47 Å². The smallest absolute Gasteiger partial charge is 0.338 e. The van der Waals surface area contributed by atoms with Gasteiger partial charge in [0.05, 0.1) is 17.2 Å². The fourth-order valence-electron chi connectivity index (χ4n) is 7.16. The Morgan fingerprint density at radius 2 is 2.00 bits per heavy atom. The Bertz CT molecular complexity index is 1130. The molecule has 6 nitrogen and oxygen atoms in total. The lowest BCUT2D eigenvalue weighted by atomic mass is 9.70. The van der Waals surface area contributed by atoms with Crippen LogP contribution in [0.3, 0.4) is 0 Å². The van der Waals surface area contributed by atoms with E-state index < -0.39 is 11.2 Å². The van der Waals surface area contributed by atoms with Crippen molar-refractivity contribution in [1.82, 2.24) is 0 Å². The lowest BCUT2D eigenvalue weighted by molar-refractivity contribution is -0.242. The molecule has 0 radical (unpaired) electrons. The van der Waals surface area contributed by atoms with Crippen molar-refractivity contribution in [2.75, 3.05) is 0 Å². The second-order valence-electron chi connectivity index (χ2n) is 11.0.